The van der Waals surface area contributed by atoms with Crippen molar-refractivity contribution in [1.29, 1.82) is 0 Å². The van der Waals surface area contributed by atoms with Crippen LogP contribution >= 0.6 is 0 Å². The van der Waals surface area contributed by atoms with Crippen LogP contribution < -0.4 is 15.6 Å². The van der Waals surface area contributed by atoms with Crippen LogP contribution in [-0.2, 0) is 19.6 Å². The minimum absolute atomic E-state index is 0.107. The second kappa shape index (κ2) is 7.90. The molecule has 3 N–H and O–H groups in total. The van der Waals surface area contributed by atoms with Crippen molar-refractivity contribution in [3.8, 4) is 0 Å². The van der Waals surface area contributed by atoms with Crippen LogP contribution in [0.2, 0.25) is 0 Å². The minimum atomic E-state index is -3.59. The molecule has 0 bridgehead atoms. The predicted molar refractivity (Wildman–Crippen MR) is 82.3 cm³/mol. The van der Waals surface area contributed by atoms with Crippen molar-refractivity contribution in [1.82, 2.24) is 15.6 Å². The average molecular weight is 327 g/mol. The maximum atomic E-state index is 12.2. The molecule has 0 atom stereocenters. The van der Waals surface area contributed by atoms with E-state index in [9.17, 15) is 18.0 Å². The number of aryl methyl sites for hydroxylation is 2. The summed E-state index contributed by atoms with van der Waals surface area (Å²) < 4.78 is 26.9. The molecule has 0 radical (unpaired) electrons. The van der Waals surface area contributed by atoms with Crippen LogP contribution in [0.5, 0.6) is 0 Å². The number of hydrogen-bond donors (Lipinski definition) is 3. The Morgan fingerprint density at radius 1 is 1.14 bits per heavy atom. The number of nitrogens with one attached hydrogen (secondary N) is 3. The highest BCUT2D eigenvalue weighted by molar-refractivity contribution is 7.89. The van der Waals surface area contributed by atoms with Crippen molar-refractivity contribution in [2.45, 2.75) is 38.5 Å². The summed E-state index contributed by atoms with van der Waals surface area (Å²) in [5.74, 6) is -0.745. The first-order valence-electron chi connectivity index (χ1n) is 6.84. The highest BCUT2D eigenvalue weighted by atomic mass is 32.2. The number of amides is 2. The summed E-state index contributed by atoms with van der Waals surface area (Å²) in [4.78, 5) is 22.2. The molecule has 0 aliphatic rings. The molecule has 0 saturated carbocycles. The minimum Gasteiger partial charge on any atom is -0.274 e. The summed E-state index contributed by atoms with van der Waals surface area (Å²) in [5.41, 5.74) is 5.91. The Morgan fingerprint density at radius 3 is 2.45 bits per heavy atom. The number of carbonyl (C=O) groups excluding carboxylic acids is 2. The number of benzene rings is 1. The van der Waals surface area contributed by atoms with Gasteiger partial charge in [-0.3, -0.25) is 20.4 Å². The maximum Gasteiger partial charge on any atom is 0.240 e. The Labute approximate surface area is 130 Å². The molecule has 22 heavy (non-hydrogen) atoms. The Bertz CT molecular complexity index is 656. The highest BCUT2D eigenvalue weighted by Gasteiger charge is 2.16. The molecule has 2 amide bonds. The molecule has 122 valence electrons. The molecule has 0 aromatic heterocycles. The van der Waals surface area contributed by atoms with Gasteiger partial charge in [0.25, 0.3) is 0 Å². The maximum absolute atomic E-state index is 12.2. The van der Waals surface area contributed by atoms with E-state index < -0.39 is 10.0 Å². The highest BCUT2D eigenvalue weighted by Crippen LogP contribution is 2.16. The summed E-state index contributed by atoms with van der Waals surface area (Å²) in [6, 6.07) is 5.21. The topological polar surface area (TPSA) is 104 Å². The van der Waals surface area contributed by atoms with E-state index in [1.165, 1.54) is 6.92 Å². The largest absolute Gasteiger partial charge is 0.274 e. The normalized spacial score (nSPS) is 11.0. The predicted octanol–water partition coefficient (Wildman–Crippen LogP) is 0.529. The van der Waals surface area contributed by atoms with E-state index in [2.05, 4.69) is 15.6 Å². The van der Waals surface area contributed by atoms with Crippen LogP contribution in [-0.4, -0.2) is 26.8 Å². The van der Waals surface area contributed by atoms with Crippen molar-refractivity contribution in [3.63, 3.8) is 0 Å². The Kier molecular flexibility index (Phi) is 6.51. The molecule has 0 heterocycles. The molecule has 0 aliphatic heterocycles. The number of hydrazine groups is 1. The first kappa shape index (κ1) is 18.1. The molecular formula is C14H21N3O4S. The van der Waals surface area contributed by atoms with Crippen molar-refractivity contribution in [3.05, 3.63) is 29.3 Å². The second-order valence-electron chi connectivity index (χ2n) is 5.00. The van der Waals surface area contributed by atoms with Gasteiger partial charge < -0.3 is 0 Å². The molecule has 0 saturated heterocycles. The lowest BCUT2D eigenvalue weighted by molar-refractivity contribution is -0.127. The summed E-state index contributed by atoms with van der Waals surface area (Å²) in [6.45, 7) is 4.97. The summed E-state index contributed by atoms with van der Waals surface area (Å²) in [7, 11) is -3.59. The van der Waals surface area contributed by atoms with Gasteiger partial charge in [-0.05, 0) is 37.5 Å². The molecule has 0 unspecified atom stereocenters. The third-order valence-corrected chi connectivity index (χ3v) is 4.49. The van der Waals surface area contributed by atoms with Gasteiger partial charge in [0, 0.05) is 19.9 Å². The third-order valence-electron chi connectivity index (χ3n) is 2.88. The smallest absolute Gasteiger partial charge is 0.240 e. The molecule has 0 aliphatic carbocycles. The Morgan fingerprint density at radius 2 is 1.82 bits per heavy atom. The molecule has 7 nitrogen and oxygen atoms in total. The zero-order chi connectivity index (χ0) is 16.8. The molecular weight excluding hydrogens is 306 g/mol. The van der Waals surface area contributed by atoms with Gasteiger partial charge >= 0.3 is 0 Å². The molecule has 1 rings (SSSR count). The number of carbonyl (C=O) groups is 2. The van der Waals surface area contributed by atoms with Gasteiger partial charge in [0.1, 0.15) is 0 Å². The van der Waals surface area contributed by atoms with E-state index >= 15 is 0 Å². The van der Waals surface area contributed by atoms with Crippen LogP contribution in [0.4, 0.5) is 0 Å². The molecule has 0 fully saturated rings. The lowest BCUT2D eigenvalue weighted by Crippen LogP contribution is -2.40. The summed E-state index contributed by atoms with van der Waals surface area (Å²) >= 11 is 0. The van der Waals surface area contributed by atoms with Crippen molar-refractivity contribution < 1.29 is 18.0 Å². The van der Waals surface area contributed by atoms with Gasteiger partial charge in [0.15, 0.2) is 0 Å². The van der Waals surface area contributed by atoms with Gasteiger partial charge in [0.2, 0.25) is 21.8 Å². The summed E-state index contributed by atoms with van der Waals surface area (Å²) in [6.07, 6.45) is 0.436. The molecule has 0 spiro atoms. The van der Waals surface area contributed by atoms with Crippen LogP contribution in [0.3, 0.4) is 0 Å². The van der Waals surface area contributed by atoms with Crippen LogP contribution in [0.15, 0.2) is 23.1 Å². The monoisotopic (exact) mass is 327 g/mol. The van der Waals surface area contributed by atoms with Crippen molar-refractivity contribution >= 4 is 21.8 Å². The fourth-order valence-corrected chi connectivity index (χ4v) is 3.15. The van der Waals surface area contributed by atoms with E-state index in [0.29, 0.717) is 12.0 Å². The van der Waals surface area contributed by atoms with Gasteiger partial charge in [0.05, 0.1) is 4.90 Å². The number of sulfonamides is 1. The average Bonchev–Trinajstić information content (AvgIpc) is 2.44. The van der Waals surface area contributed by atoms with E-state index in [0.717, 1.165) is 5.56 Å². The molecule has 1 aromatic rings. The van der Waals surface area contributed by atoms with Crippen LogP contribution in [0.25, 0.3) is 0 Å². The standard InChI is InChI=1S/C14H21N3O4S/c1-10-6-7-11(2)13(9-10)22(20,21)15-8-4-5-14(19)17-16-12(3)18/h6-7,9,15H,4-5,8H2,1-3H3,(H,16,18)(H,17,19). The zero-order valence-electron chi connectivity index (χ0n) is 12.9. The fraction of sp³-hybridized carbons (Fsp3) is 0.429. The quantitative estimate of drug-likeness (QED) is 0.523. The van der Waals surface area contributed by atoms with Gasteiger partial charge in [-0.1, -0.05) is 12.1 Å². The lowest BCUT2D eigenvalue weighted by Gasteiger charge is -2.10. The van der Waals surface area contributed by atoms with E-state index in [4.69, 9.17) is 0 Å². The number of hydrogen-bond acceptors (Lipinski definition) is 4. The van der Waals surface area contributed by atoms with Crippen LogP contribution in [0.1, 0.15) is 30.9 Å². The van der Waals surface area contributed by atoms with Crippen molar-refractivity contribution in [2.75, 3.05) is 6.54 Å². The van der Waals surface area contributed by atoms with Crippen LogP contribution in [0, 0.1) is 13.8 Å². The first-order chi connectivity index (χ1) is 10.2. The molecule has 1 aromatic carbocycles. The van der Waals surface area contributed by atoms with Crippen molar-refractivity contribution in [2.24, 2.45) is 0 Å². The SMILES string of the molecule is CC(=O)NNC(=O)CCCNS(=O)(=O)c1cc(C)ccc1C. The third kappa shape index (κ3) is 5.82. The van der Waals surface area contributed by atoms with Gasteiger partial charge in [-0.2, -0.15) is 0 Å². The van der Waals surface area contributed by atoms with Gasteiger partial charge in [-0.15, -0.1) is 0 Å². The van der Waals surface area contributed by atoms with Gasteiger partial charge in [-0.25, -0.2) is 13.1 Å². The molecule has 8 heteroatoms. The van der Waals surface area contributed by atoms with E-state index in [1.54, 1.807) is 19.1 Å². The Hall–Kier alpha value is -1.93. The van der Waals surface area contributed by atoms with E-state index in [1.807, 2.05) is 13.0 Å². The fourth-order valence-electron chi connectivity index (χ4n) is 1.75. The zero-order valence-corrected chi connectivity index (χ0v) is 13.7. The van der Waals surface area contributed by atoms with E-state index in [-0.39, 0.29) is 29.7 Å². The Balaban J connectivity index is 2.48. The summed E-state index contributed by atoms with van der Waals surface area (Å²) in [5, 5.41) is 0. The first-order valence-corrected chi connectivity index (χ1v) is 8.33. The second-order valence-corrected chi connectivity index (χ2v) is 6.74. The lowest BCUT2D eigenvalue weighted by atomic mass is 10.2. The number of rotatable bonds is 6.